The van der Waals surface area contributed by atoms with Gasteiger partial charge in [-0.2, -0.15) is 5.06 Å². The third-order valence-electron chi connectivity index (χ3n) is 6.06. The maximum Gasteiger partial charge on any atom is 0.282 e. The van der Waals surface area contributed by atoms with Crippen LogP contribution in [0, 0.1) is 27.7 Å². The second-order valence-corrected chi connectivity index (χ2v) is 7.28. The number of piperidine rings is 1. The Hall–Kier alpha value is -1.89. The van der Waals surface area contributed by atoms with Crippen LogP contribution in [0.4, 0.5) is 0 Å². The summed E-state index contributed by atoms with van der Waals surface area (Å²) < 4.78 is 0. The zero-order valence-electron chi connectivity index (χ0n) is 16.5. The van der Waals surface area contributed by atoms with E-state index < -0.39 is 5.54 Å². The first-order valence-corrected chi connectivity index (χ1v) is 8.97. The Balaban J connectivity index is 2.16. The van der Waals surface area contributed by atoms with E-state index in [1.54, 1.807) is 7.11 Å². The molecule has 0 aliphatic carbocycles. The summed E-state index contributed by atoms with van der Waals surface area (Å²) in [6.45, 7) is 9.34. The largest absolute Gasteiger partial charge is 0.509 e. The van der Waals surface area contributed by atoms with Gasteiger partial charge in [0.2, 0.25) is 0 Å². The molecule has 1 fully saturated rings. The minimum atomic E-state index is -0.826. The van der Waals surface area contributed by atoms with E-state index in [4.69, 9.17) is 9.68 Å². The van der Waals surface area contributed by atoms with Crippen molar-refractivity contribution >= 4 is 11.5 Å². The van der Waals surface area contributed by atoms with Gasteiger partial charge in [0.15, 0.2) is 0 Å². The molecular formula is C20H28N2O4. The molecule has 2 aliphatic rings. The third-order valence-corrected chi connectivity index (χ3v) is 6.06. The summed E-state index contributed by atoms with van der Waals surface area (Å²) in [4.78, 5) is 24.0. The molecule has 1 N–H and O–H groups in total. The Morgan fingerprint density at radius 3 is 2.15 bits per heavy atom. The van der Waals surface area contributed by atoms with Crippen molar-refractivity contribution in [2.45, 2.75) is 46.1 Å². The molecule has 0 aromatic heterocycles. The average molecular weight is 360 g/mol. The van der Waals surface area contributed by atoms with Gasteiger partial charge in [0, 0.05) is 13.1 Å². The molecule has 1 spiro atoms. The minimum Gasteiger partial charge on any atom is -0.509 e. The number of amides is 1. The molecule has 2 heterocycles. The molecule has 6 nitrogen and oxygen atoms in total. The topological polar surface area (TPSA) is 62.2 Å². The standard InChI is InChI=1S/C20H28N2O4/c1-12-11-13(2)16(15(4)14(12)3)17-18(23)20(22(26-6)19(17)24)7-9-21(25-5)10-8-20/h11,23H,7-10H2,1-6H3. The van der Waals surface area contributed by atoms with Crippen LogP contribution in [0.2, 0.25) is 0 Å². The highest BCUT2D eigenvalue weighted by Crippen LogP contribution is 2.46. The number of rotatable bonds is 3. The molecule has 142 valence electrons. The average Bonchev–Trinajstić information content (AvgIpc) is 2.82. The summed E-state index contributed by atoms with van der Waals surface area (Å²) >= 11 is 0. The summed E-state index contributed by atoms with van der Waals surface area (Å²) in [7, 11) is 3.12. The monoisotopic (exact) mass is 360 g/mol. The quantitative estimate of drug-likeness (QED) is 0.898. The smallest absolute Gasteiger partial charge is 0.282 e. The van der Waals surface area contributed by atoms with Crippen LogP contribution in [-0.2, 0) is 14.5 Å². The first kappa shape index (κ1) is 18.9. The zero-order chi connectivity index (χ0) is 19.2. The fourth-order valence-electron chi connectivity index (χ4n) is 4.36. The van der Waals surface area contributed by atoms with E-state index in [-0.39, 0.29) is 11.7 Å². The lowest BCUT2D eigenvalue weighted by molar-refractivity contribution is -0.221. The Morgan fingerprint density at radius 2 is 1.62 bits per heavy atom. The lowest BCUT2D eigenvalue weighted by atomic mass is 9.84. The van der Waals surface area contributed by atoms with Crippen LogP contribution < -0.4 is 0 Å². The first-order valence-electron chi connectivity index (χ1n) is 8.97. The van der Waals surface area contributed by atoms with E-state index in [2.05, 4.69) is 13.0 Å². The van der Waals surface area contributed by atoms with Crippen molar-refractivity contribution in [2.75, 3.05) is 27.3 Å². The molecule has 0 atom stereocenters. The van der Waals surface area contributed by atoms with E-state index in [9.17, 15) is 9.90 Å². The van der Waals surface area contributed by atoms with Crippen molar-refractivity contribution in [3.8, 4) is 0 Å². The van der Waals surface area contributed by atoms with Crippen LogP contribution in [0.1, 0.15) is 40.7 Å². The Kier molecular flexibility index (Phi) is 4.86. The highest BCUT2D eigenvalue weighted by atomic mass is 16.7. The van der Waals surface area contributed by atoms with Gasteiger partial charge in [0.05, 0.1) is 19.8 Å². The zero-order valence-corrected chi connectivity index (χ0v) is 16.5. The second-order valence-electron chi connectivity index (χ2n) is 7.28. The maximum absolute atomic E-state index is 13.2. The Morgan fingerprint density at radius 1 is 1.00 bits per heavy atom. The number of nitrogens with zero attached hydrogens (tertiary/aromatic N) is 2. The molecule has 0 radical (unpaired) electrons. The van der Waals surface area contributed by atoms with Crippen LogP contribution in [0.15, 0.2) is 11.8 Å². The number of aliphatic hydroxyl groups is 1. The van der Waals surface area contributed by atoms with Gasteiger partial charge < -0.3 is 9.94 Å². The number of hydrogen-bond donors (Lipinski definition) is 1. The maximum atomic E-state index is 13.2. The predicted molar refractivity (Wildman–Crippen MR) is 99.3 cm³/mol. The van der Waals surface area contributed by atoms with Gasteiger partial charge in [0.25, 0.3) is 5.91 Å². The summed E-state index contributed by atoms with van der Waals surface area (Å²) in [6, 6.07) is 2.07. The molecule has 26 heavy (non-hydrogen) atoms. The van der Waals surface area contributed by atoms with Gasteiger partial charge in [-0.1, -0.05) is 6.07 Å². The van der Waals surface area contributed by atoms with Crippen molar-refractivity contribution in [2.24, 2.45) is 0 Å². The van der Waals surface area contributed by atoms with E-state index in [1.165, 1.54) is 17.7 Å². The number of carbonyl (C=O) groups excluding carboxylic acids is 1. The molecule has 1 aromatic carbocycles. The summed E-state index contributed by atoms with van der Waals surface area (Å²) in [5.74, 6) is -0.153. The molecule has 1 saturated heterocycles. The van der Waals surface area contributed by atoms with Gasteiger partial charge in [-0.3, -0.25) is 9.63 Å². The predicted octanol–water partition coefficient (Wildman–Crippen LogP) is 2.99. The highest BCUT2D eigenvalue weighted by molar-refractivity contribution is 6.23. The van der Waals surface area contributed by atoms with Crippen LogP contribution in [0.5, 0.6) is 0 Å². The molecule has 1 aromatic rings. The molecule has 6 heteroatoms. The SMILES string of the molecule is CON1CCC2(CC1)C(O)=C(c1c(C)cc(C)c(C)c1C)C(=O)N2OC. The van der Waals surface area contributed by atoms with Crippen LogP contribution >= 0.6 is 0 Å². The molecule has 0 saturated carbocycles. The van der Waals surface area contributed by atoms with Gasteiger partial charge >= 0.3 is 0 Å². The number of hydroxylamine groups is 4. The molecule has 2 aliphatic heterocycles. The van der Waals surface area contributed by atoms with Gasteiger partial charge in [-0.25, -0.2) is 5.06 Å². The molecular weight excluding hydrogens is 332 g/mol. The van der Waals surface area contributed by atoms with Gasteiger partial charge in [-0.15, -0.1) is 0 Å². The number of aliphatic hydroxyl groups excluding tert-OH is 1. The number of benzene rings is 1. The van der Waals surface area contributed by atoms with E-state index in [0.29, 0.717) is 31.5 Å². The van der Waals surface area contributed by atoms with Crippen LogP contribution in [-0.4, -0.2) is 54.0 Å². The van der Waals surface area contributed by atoms with E-state index in [1.807, 2.05) is 25.8 Å². The van der Waals surface area contributed by atoms with Crippen molar-refractivity contribution in [3.63, 3.8) is 0 Å². The fourth-order valence-corrected chi connectivity index (χ4v) is 4.36. The number of hydrogen-bond acceptors (Lipinski definition) is 5. The Labute approximate surface area is 154 Å². The van der Waals surface area contributed by atoms with Crippen molar-refractivity contribution in [1.82, 2.24) is 10.1 Å². The summed E-state index contributed by atoms with van der Waals surface area (Å²) in [5.41, 5.74) is 4.70. The lowest BCUT2D eigenvalue weighted by Gasteiger charge is -2.42. The molecule has 3 rings (SSSR count). The summed E-state index contributed by atoms with van der Waals surface area (Å²) in [5, 5.41) is 14.4. The molecule has 1 amide bonds. The first-order chi connectivity index (χ1) is 12.3. The van der Waals surface area contributed by atoms with Gasteiger partial charge in [-0.05, 0) is 68.4 Å². The fraction of sp³-hybridized carbons (Fsp3) is 0.550. The third kappa shape index (κ3) is 2.55. The summed E-state index contributed by atoms with van der Waals surface area (Å²) in [6.07, 6.45) is 1.11. The highest BCUT2D eigenvalue weighted by Gasteiger charge is 2.55. The van der Waals surface area contributed by atoms with E-state index >= 15 is 0 Å². The Bertz CT molecular complexity index is 777. The number of carbonyl (C=O) groups is 1. The van der Waals surface area contributed by atoms with Crippen molar-refractivity contribution < 1.29 is 19.6 Å². The molecule has 0 bridgehead atoms. The molecule has 0 unspecified atom stereocenters. The minimum absolute atomic E-state index is 0.120. The van der Waals surface area contributed by atoms with Crippen molar-refractivity contribution in [1.29, 1.82) is 0 Å². The van der Waals surface area contributed by atoms with Gasteiger partial charge in [0.1, 0.15) is 11.3 Å². The van der Waals surface area contributed by atoms with Crippen LogP contribution in [0.25, 0.3) is 5.57 Å². The number of aryl methyl sites for hydroxylation is 2. The second kappa shape index (κ2) is 6.68. The van der Waals surface area contributed by atoms with Crippen LogP contribution in [0.3, 0.4) is 0 Å². The van der Waals surface area contributed by atoms with Crippen molar-refractivity contribution in [3.05, 3.63) is 39.6 Å². The van der Waals surface area contributed by atoms with E-state index in [0.717, 1.165) is 22.3 Å². The lowest BCUT2D eigenvalue weighted by Crippen LogP contribution is -2.54. The normalized spacial score (nSPS) is 20.5.